The summed E-state index contributed by atoms with van der Waals surface area (Å²) in [4.78, 5) is 2.05. The molecule has 0 atom stereocenters. The monoisotopic (exact) mass is 268 g/mol. The lowest BCUT2D eigenvalue weighted by Gasteiger charge is -2.26. The predicted octanol–water partition coefficient (Wildman–Crippen LogP) is 2.53. The van der Waals surface area contributed by atoms with Crippen LogP contribution in [-0.2, 0) is 6.54 Å². The third-order valence-corrected chi connectivity index (χ3v) is 3.03. The minimum absolute atomic E-state index is 0.0817. The molecule has 0 aliphatic rings. The molecule has 3 nitrogen and oxygen atoms in total. The number of benzene rings is 1. The highest BCUT2D eigenvalue weighted by Gasteiger charge is 2.13. The van der Waals surface area contributed by atoms with E-state index in [1.165, 1.54) is 6.07 Å². The molecule has 4 heteroatoms. The van der Waals surface area contributed by atoms with Crippen LogP contribution in [0.5, 0.6) is 0 Å². The van der Waals surface area contributed by atoms with Crippen LogP contribution in [0.1, 0.15) is 32.3 Å². The largest absolute Gasteiger partial charge is 0.395 e. The highest BCUT2D eigenvalue weighted by atomic mass is 19.1. The van der Waals surface area contributed by atoms with E-state index < -0.39 is 0 Å². The molecule has 0 fully saturated rings. The Kier molecular flexibility index (Phi) is 7.45. The predicted molar refractivity (Wildman–Crippen MR) is 78.0 cm³/mol. The summed E-state index contributed by atoms with van der Waals surface area (Å²) in [5.74, 6) is -0.180. The van der Waals surface area contributed by atoms with Crippen molar-refractivity contribution in [3.63, 3.8) is 0 Å². The molecule has 2 N–H and O–H groups in total. The van der Waals surface area contributed by atoms with Crippen molar-refractivity contribution in [1.29, 1.82) is 0 Å². The van der Waals surface area contributed by atoms with Crippen LogP contribution in [0.4, 0.5) is 10.1 Å². The van der Waals surface area contributed by atoms with Gasteiger partial charge < -0.3 is 15.3 Å². The molecule has 0 unspecified atom stereocenters. The van der Waals surface area contributed by atoms with Gasteiger partial charge in [0.2, 0.25) is 0 Å². The average Bonchev–Trinajstić information content (AvgIpc) is 2.40. The lowest BCUT2D eigenvalue weighted by Crippen LogP contribution is -2.29. The van der Waals surface area contributed by atoms with Crippen molar-refractivity contribution in [1.82, 2.24) is 5.32 Å². The van der Waals surface area contributed by atoms with Crippen LogP contribution in [0.25, 0.3) is 0 Å². The standard InChI is InChI=1S/C15H25FN2O/c1-3-8-17-12-13-14(16)6-5-7-15(13)18(9-4-2)10-11-19/h5-7,17,19H,3-4,8-12H2,1-2H3. The topological polar surface area (TPSA) is 35.5 Å². The zero-order chi connectivity index (χ0) is 14.1. The maximum absolute atomic E-state index is 14.0. The third-order valence-electron chi connectivity index (χ3n) is 3.03. The highest BCUT2D eigenvalue weighted by Crippen LogP contribution is 2.23. The van der Waals surface area contributed by atoms with Crippen molar-refractivity contribution in [2.75, 3.05) is 31.1 Å². The van der Waals surface area contributed by atoms with Gasteiger partial charge in [0.15, 0.2) is 0 Å². The second-order valence-corrected chi connectivity index (χ2v) is 4.62. The van der Waals surface area contributed by atoms with E-state index >= 15 is 0 Å². The van der Waals surface area contributed by atoms with Crippen molar-refractivity contribution in [3.8, 4) is 0 Å². The Labute approximate surface area is 115 Å². The van der Waals surface area contributed by atoms with E-state index in [9.17, 15) is 4.39 Å². The van der Waals surface area contributed by atoms with Gasteiger partial charge in [0.05, 0.1) is 6.61 Å². The number of aliphatic hydroxyl groups is 1. The van der Waals surface area contributed by atoms with E-state index in [4.69, 9.17) is 5.11 Å². The van der Waals surface area contributed by atoms with Crippen molar-refractivity contribution in [2.24, 2.45) is 0 Å². The smallest absolute Gasteiger partial charge is 0.129 e. The molecule has 1 aromatic rings. The van der Waals surface area contributed by atoms with E-state index in [0.29, 0.717) is 18.7 Å². The van der Waals surface area contributed by atoms with Gasteiger partial charge in [-0.2, -0.15) is 0 Å². The quantitative estimate of drug-likeness (QED) is 0.676. The van der Waals surface area contributed by atoms with Crippen LogP contribution in [0.2, 0.25) is 0 Å². The Bertz CT molecular complexity index is 365. The van der Waals surface area contributed by atoms with E-state index in [0.717, 1.165) is 31.6 Å². The third kappa shape index (κ3) is 4.80. The summed E-state index contributed by atoms with van der Waals surface area (Å²) in [6.45, 7) is 7.02. The van der Waals surface area contributed by atoms with Crippen molar-refractivity contribution >= 4 is 5.69 Å². The normalized spacial score (nSPS) is 10.7. The maximum atomic E-state index is 14.0. The SMILES string of the molecule is CCCNCc1c(F)cccc1N(CCC)CCO. The molecular formula is C15H25FN2O. The number of rotatable bonds is 9. The molecule has 19 heavy (non-hydrogen) atoms. The minimum atomic E-state index is -0.180. The van der Waals surface area contributed by atoms with Gasteiger partial charge in [-0.1, -0.05) is 19.9 Å². The summed E-state index contributed by atoms with van der Waals surface area (Å²) < 4.78 is 14.0. The van der Waals surface area contributed by atoms with Crippen molar-refractivity contribution in [3.05, 3.63) is 29.6 Å². The van der Waals surface area contributed by atoms with Crippen LogP contribution in [0.15, 0.2) is 18.2 Å². The van der Waals surface area contributed by atoms with Gasteiger partial charge in [-0.25, -0.2) is 4.39 Å². The summed E-state index contributed by atoms with van der Waals surface area (Å²) >= 11 is 0. The summed E-state index contributed by atoms with van der Waals surface area (Å²) in [6.07, 6.45) is 2.00. The zero-order valence-electron chi connectivity index (χ0n) is 12.0. The lowest BCUT2D eigenvalue weighted by molar-refractivity contribution is 0.301. The Morgan fingerprint density at radius 1 is 1.21 bits per heavy atom. The first-order valence-corrected chi connectivity index (χ1v) is 7.08. The number of hydrogen-bond acceptors (Lipinski definition) is 3. The molecular weight excluding hydrogens is 243 g/mol. The van der Waals surface area contributed by atoms with Crippen molar-refractivity contribution < 1.29 is 9.50 Å². The van der Waals surface area contributed by atoms with Crippen LogP contribution in [0, 0.1) is 5.82 Å². The molecule has 0 heterocycles. The lowest BCUT2D eigenvalue weighted by atomic mass is 10.1. The van der Waals surface area contributed by atoms with Gasteiger partial charge >= 0.3 is 0 Å². The van der Waals surface area contributed by atoms with E-state index in [-0.39, 0.29) is 12.4 Å². The number of anilines is 1. The van der Waals surface area contributed by atoms with Gasteiger partial charge in [-0.3, -0.25) is 0 Å². The van der Waals surface area contributed by atoms with Crippen LogP contribution in [-0.4, -0.2) is 31.3 Å². The first-order chi connectivity index (χ1) is 9.24. The Morgan fingerprint density at radius 2 is 2.00 bits per heavy atom. The fourth-order valence-corrected chi connectivity index (χ4v) is 2.15. The molecule has 0 amide bonds. The van der Waals surface area contributed by atoms with Gasteiger partial charge in [-0.15, -0.1) is 0 Å². The molecule has 0 aliphatic heterocycles. The first kappa shape index (κ1) is 15.9. The highest BCUT2D eigenvalue weighted by molar-refractivity contribution is 5.54. The first-order valence-electron chi connectivity index (χ1n) is 7.08. The molecule has 0 spiro atoms. The Morgan fingerprint density at radius 3 is 2.63 bits per heavy atom. The van der Waals surface area contributed by atoms with Gasteiger partial charge in [0, 0.05) is 30.9 Å². The van der Waals surface area contributed by atoms with Crippen LogP contribution >= 0.6 is 0 Å². The molecule has 108 valence electrons. The van der Waals surface area contributed by atoms with Gasteiger partial charge in [0.25, 0.3) is 0 Å². The molecule has 1 aromatic carbocycles. The van der Waals surface area contributed by atoms with Crippen molar-refractivity contribution in [2.45, 2.75) is 33.2 Å². The fraction of sp³-hybridized carbons (Fsp3) is 0.600. The van der Waals surface area contributed by atoms with E-state index in [2.05, 4.69) is 19.2 Å². The molecule has 0 bridgehead atoms. The minimum Gasteiger partial charge on any atom is -0.395 e. The Balaban J connectivity index is 2.92. The number of halogens is 1. The average molecular weight is 268 g/mol. The Hall–Kier alpha value is -1.13. The molecule has 0 aliphatic carbocycles. The molecule has 1 rings (SSSR count). The second-order valence-electron chi connectivity index (χ2n) is 4.62. The number of nitrogens with zero attached hydrogens (tertiary/aromatic N) is 1. The van der Waals surface area contributed by atoms with Crippen LogP contribution in [0.3, 0.4) is 0 Å². The molecule has 0 aromatic heterocycles. The zero-order valence-corrected chi connectivity index (χ0v) is 12.0. The summed E-state index contributed by atoms with van der Waals surface area (Å²) in [6, 6.07) is 5.15. The van der Waals surface area contributed by atoms with Crippen LogP contribution < -0.4 is 10.2 Å². The van der Waals surface area contributed by atoms with E-state index in [1.54, 1.807) is 6.07 Å². The van der Waals surface area contributed by atoms with Gasteiger partial charge in [0.1, 0.15) is 5.82 Å². The number of aliphatic hydroxyl groups excluding tert-OH is 1. The number of hydrogen-bond donors (Lipinski definition) is 2. The fourth-order valence-electron chi connectivity index (χ4n) is 2.15. The maximum Gasteiger partial charge on any atom is 0.129 e. The second kappa shape index (κ2) is 8.88. The summed E-state index contributed by atoms with van der Waals surface area (Å²) in [5.41, 5.74) is 1.58. The molecule has 0 saturated carbocycles. The molecule has 0 saturated heterocycles. The summed E-state index contributed by atoms with van der Waals surface area (Å²) in [5, 5.41) is 12.4. The summed E-state index contributed by atoms with van der Waals surface area (Å²) in [7, 11) is 0. The van der Waals surface area contributed by atoms with Gasteiger partial charge in [-0.05, 0) is 31.5 Å². The number of nitrogens with one attached hydrogen (secondary N) is 1. The molecule has 0 radical (unpaired) electrons. The van der Waals surface area contributed by atoms with E-state index in [1.807, 2.05) is 11.0 Å².